The minimum Gasteiger partial charge on any atom is -0.393 e. The number of aliphatic hydroxyl groups is 1. The summed E-state index contributed by atoms with van der Waals surface area (Å²) in [5.74, 6) is 0.868. The van der Waals surface area contributed by atoms with E-state index in [2.05, 4.69) is 6.92 Å². The summed E-state index contributed by atoms with van der Waals surface area (Å²) < 4.78 is 0. The fourth-order valence-electron chi connectivity index (χ4n) is 3.74. The highest BCUT2D eigenvalue weighted by molar-refractivity contribution is 5.06. The molecule has 0 aliphatic heterocycles. The van der Waals surface area contributed by atoms with Gasteiger partial charge in [-0.1, -0.05) is 51.9 Å². The Hall–Kier alpha value is -0.0400. The molecule has 0 saturated heterocycles. The van der Waals surface area contributed by atoms with Crippen molar-refractivity contribution in [1.29, 1.82) is 0 Å². The van der Waals surface area contributed by atoms with E-state index in [0.717, 1.165) is 12.3 Å². The quantitative estimate of drug-likeness (QED) is 0.706. The maximum Gasteiger partial charge on any atom is 0.0599 e. The molecular formula is C15H28O. The predicted molar refractivity (Wildman–Crippen MR) is 68.4 cm³/mol. The first-order valence-electron chi connectivity index (χ1n) is 7.47. The van der Waals surface area contributed by atoms with Gasteiger partial charge in [0.15, 0.2) is 0 Å². The molecule has 1 N–H and O–H groups in total. The lowest BCUT2D eigenvalue weighted by Crippen LogP contribution is -2.25. The van der Waals surface area contributed by atoms with Crippen LogP contribution in [0.4, 0.5) is 0 Å². The van der Waals surface area contributed by atoms with Gasteiger partial charge in [0.05, 0.1) is 6.10 Å². The molecule has 1 nitrogen and oxygen atoms in total. The summed E-state index contributed by atoms with van der Waals surface area (Å²) >= 11 is 0. The van der Waals surface area contributed by atoms with Crippen LogP contribution >= 0.6 is 0 Å². The van der Waals surface area contributed by atoms with Gasteiger partial charge >= 0.3 is 0 Å². The van der Waals surface area contributed by atoms with Crippen molar-refractivity contribution < 1.29 is 5.11 Å². The Kier molecular flexibility index (Phi) is 4.29. The molecule has 3 atom stereocenters. The van der Waals surface area contributed by atoms with Crippen molar-refractivity contribution in [3.63, 3.8) is 0 Å². The molecule has 0 radical (unpaired) electrons. The third-order valence-corrected chi connectivity index (χ3v) is 4.97. The van der Waals surface area contributed by atoms with Crippen molar-refractivity contribution in [3.8, 4) is 0 Å². The highest BCUT2D eigenvalue weighted by atomic mass is 16.3. The van der Waals surface area contributed by atoms with E-state index >= 15 is 0 Å². The van der Waals surface area contributed by atoms with Crippen LogP contribution in [0, 0.1) is 11.3 Å². The molecule has 1 heteroatoms. The van der Waals surface area contributed by atoms with Crippen LogP contribution in [0.1, 0.15) is 77.6 Å². The highest BCUT2D eigenvalue weighted by Gasteiger charge is 2.56. The van der Waals surface area contributed by atoms with E-state index in [1.165, 1.54) is 64.2 Å². The zero-order valence-corrected chi connectivity index (χ0v) is 10.9. The van der Waals surface area contributed by atoms with Gasteiger partial charge in [0.1, 0.15) is 0 Å². The molecule has 0 bridgehead atoms. The second-order valence-corrected chi connectivity index (χ2v) is 6.10. The van der Waals surface area contributed by atoms with Crippen LogP contribution in [-0.2, 0) is 0 Å². The van der Waals surface area contributed by atoms with Crippen molar-refractivity contribution in [1.82, 2.24) is 0 Å². The predicted octanol–water partition coefficient (Wildman–Crippen LogP) is 4.29. The van der Waals surface area contributed by atoms with Gasteiger partial charge in [-0.2, -0.15) is 0 Å². The van der Waals surface area contributed by atoms with Gasteiger partial charge in [-0.05, 0) is 37.0 Å². The molecule has 1 unspecified atom stereocenters. The SMILES string of the molecule is CCCCC[C@@H]1C[C@]12CCCCCCC2O. The van der Waals surface area contributed by atoms with Crippen LogP contribution in [-0.4, -0.2) is 11.2 Å². The zero-order valence-electron chi connectivity index (χ0n) is 10.9. The average molecular weight is 224 g/mol. The largest absolute Gasteiger partial charge is 0.393 e. The first kappa shape index (κ1) is 12.4. The topological polar surface area (TPSA) is 20.2 Å². The van der Waals surface area contributed by atoms with Crippen LogP contribution in [0.25, 0.3) is 0 Å². The van der Waals surface area contributed by atoms with Crippen LogP contribution in [0.5, 0.6) is 0 Å². The average Bonchev–Trinajstić information content (AvgIpc) is 2.97. The smallest absolute Gasteiger partial charge is 0.0599 e. The molecular weight excluding hydrogens is 196 g/mol. The summed E-state index contributed by atoms with van der Waals surface area (Å²) in [5.41, 5.74) is 0.383. The number of aliphatic hydroxyl groups excluding tert-OH is 1. The minimum atomic E-state index is 0.0272. The van der Waals surface area contributed by atoms with Crippen LogP contribution in [0.15, 0.2) is 0 Å². The molecule has 0 amide bonds. The third-order valence-electron chi connectivity index (χ3n) is 4.97. The molecule has 2 aliphatic carbocycles. The molecule has 1 spiro atoms. The molecule has 2 saturated carbocycles. The van der Waals surface area contributed by atoms with Crippen molar-refractivity contribution in [2.24, 2.45) is 11.3 Å². The van der Waals surface area contributed by atoms with E-state index < -0.39 is 0 Å². The number of hydrogen-bond donors (Lipinski definition) is 1. The minimum absolute atomic E-state index is 0.0272. The molecule has 16 heavy (non-hydrogen) atoms. The standard InChI is InChI=1S/C15H28O/c1-2-3-6-9-13-12-15(13)11-8-5-4-7-10-14(15)16/h13-14,16H,2-12H2,1H3/t13-,14?,15-/m1/s1. The van der Waals surface area contributed by atoms with E-state index in [9.17, 15) is 5.11 Å². The van der Waals surface area contributed by atoms with E-state index in [0.29, 0.717) is 5.41 Å². The van der Waals surface area contributed by atoms with Crippen molar-refractivity contribution in [3.05, 3.63) is 0 Å². The molecule has 2 rings (SSSR count). The van der Waals surface area contributed by atoms with E-state index in [1.807, 2.05) is 0 Å². The third kappa shape index (κ3) is 2.61. The molecule has 0 heterocycles. The van der Waals surface area contributed by atoms with Crippen molar-refractivity contribution in [2.45, 2.75) is 83.7 Å². The summed E-state index contributed by atoms with van der Waals surface area (Å²) in [6.07, 6.45) is 14.6. The van der Waals surface area contributed by atoms with Gasteiger partial charge in [0.25, 0.3) is 0 Å². The Bertz CT molecular complexity index is 213. The Morgan fingerprint density at radius 1 is 1.12 bits per heavy atom. The fraction of sp³-hybridized carbons (Fsp3) is 1.00. The molecule has 0 aromatic heterocycles. The van der Waals surface area contributed by atoms with E-state index in [1.54, 1.807) is 0 Å². The summed E-state index contributed by atoms with van der Waals surface area (Å²) in [4.78, 5) is 0. The second kappa shape index (κ2) is 5.53. The summed E-state index contributed by atoms with van der Waals surface area (Å²) in [6, 6.07) is 0. The maximum atomic E-state index is 10.3. The lowest BCUT2D eigenvalue weighted by molar-refractivity contribution is 0.0577. The molecule has 2 fully saturated rings. The Labute approximate surface area is 101 Å². The Morgan fingerprint density at radius 3 is 2.75 bits per heavy atom. The summed E-state index contributed by atoms with van der Waals surface area (Å²) in [7, 11) is 0. The van der Waals surface area contributed by atoms with Gasteiger partial charge in [-0.3, -0.25) is 0 Å². The van der Waals surface area contributed by atoms with Crippen molar-refractivity contribution in [2.75, 3.05) is 0 Å². The van der Waals surface area contributed by atoms with Crippen molar-refractivity contribution >= 4 is 0 Å². The van der Waals surface area contributed by atoms with E-state index in [4.69, 9.17) is 0 Å². The van der Waals surface area contributed by atoms with Gasteiger partial charge in [-0.25, -0.2) is 0 Å². The number of rotatable bonds is 4. The first-order valence-corrected chi connectivity index (χ1v) is 7.47. The summed E-state index contributed by atoms with van der Waals surface area (Å²) in [5, 5.41) is 10.3. The first-order chi connectivity index (χ1) is 7.79. The fourth-order valence-corrected chi connectivity index (χ4v) is 3.74. The van der Waals surface area contributed by atoms with Gasteiger partial charge < -0.3 is 5.11 Å². The lowest BCUT2D eigenvalue weighted by atomic mass is 9.83. The molecule has 0 aromatic carbocycles. The zero-order chi connectivity index (χ0) is 11.4. The van der Waals surface area contributed by atoms with Gasteiger partial charge in [0.2, 0.25) is 0 Å². The van der Waals surface area contributed by atoms with Gasteiger partial charge in [-0.15, -0.1) is 0 Å². The molecule has 0 aromatic rings. The normalized spacial score (nSPS) is 39.4. The summed E-state index contributed by atoms with van der Waals surface area (Å²) in [6.45, 7) is 2.27. The Balaban J connectivity index is 1.81. The molecule has 2 aliphatic rings. The molecule has 94 valence electrons. The van der Waals surface area contributed by atoms with Gasteiger partial charge in [0, 0.05) is 0 Å². The number of hydrogen-bond acceptors (Lipinski definition) is 1. The monoisotopic (exact) mass is 224 g/mol. The van der Waals surface area contributed by atoms with Crippen LogP contribution < -0.4 is 0 Å². The number of unbranched alkanes of at least 4 members (excludes halogenated alkanes) is 2. The highest BCUT2D eigenvalue weighted by Crippen LogP contribution is 2.62. The van der Waals surface area contributed by atoms with E-state index in [-0.39, 0.29) is 6.10 Å². The maximum absolute atomic E-state index is 10.3. The van der Waals surface area contributed by atoms with Crippen LogP contribution in [0.3, 0.4) is 0 Å². The Morgan fingerprint density at radius 2 is 1.94 bits per heavy atom. The lowest BCUT2D eigenvalue weighted by Gasteiger charge is -2.26. The van der Waals surface area contributed by atoms with Crippen LogP contribution in [0.2, 0.25) is 0 Å². The second-order valence-electron chi connectivity index (χ2n) is 6.10.